The quantitative estimate of drug-likeness (QED) is 0.543. The first-order valence-corrected chi connectivity index (χ1v) is 10.1. The van der Waals surface area contributed by atoms with E-state index in [0.717, 1.165) is 0 Å². The van der Waals surface area contributed by atoms with Gasteiger partial charge in [-0.3, -0.25) is 9.59 Å². The summed E-state index contributed by atoms with van der Waals surface area (Å²) >= 11 is 6.05. The molecule has 1 aromatic carbocycles. The Kier molecular flexibility index (Phi) is 9.30. The highest BCUT2D eigenvalue weighted by Crippen LogP contribution is 2.22. The fourth-order valence-electron chi connectivity index (χ4n) is 2.46. The number of hydrogen-bond donors (Lipinski definition) is 3. The summed E-state index contributed by atoms with van der Waals surface area (Å²) in [5.74, 6) is -1.87. The summed E-state index contributed by atoms with van der Waals surface area (Å²) in [5, 5.41) is 7.83. The summed E-state index contributed by atoms with van der Waals surface area (Å²) in [6.07, 6.45) is -0.723. The highest BCUT2D eigenvalue weighted by atomic mass is 35.5. The topological polar surface area (TPSA) is 123 Å². The minimum absolute atomic E-state index is 0.114. The van der Waals surface area contributed by atoms with Crippen molar-refractivity contribution >= 4 is 41.2 Å². The van der Waals surface area contributed by atoms with Gasteiger partial charge in [0.05, 0.1) is 17.7 Å². The molecule has 0 radical (unpaired) electrons. The molecule has 0 fully saturated rings. The lowest BCUT2D eigenvalue weighted by atomic mass is 10.0. The molecule has 1 aromatic rings. The van der Waals surface area contributed by atoms with Crippen LogP contribution in [0.15, 0.2) is 18.2 Å². The maximum absolute atomic E-state index is 12.6. The second-order valence-electron chi connectivity index (χ2n) is 8.27. The molecule has 0 spiro atoms. The predicted octanol–water partition coefficient (Wildman–Crippen LogP) is 3.12. The molecule has 0 heterocycles. The van der Waals surface area contributed by atoms with Gasteiger partial charge in [0.25, 0.3) is 0 Å². The van der Waals surface area contributed by atoms with E-state index in [9.17, 15) is 19.2 Å². The van der Waals surface area contributed by atoms with Crippen molar-refractivity contribution in [1.82, 2.24) is 10.6 Å². The number of ether oxygens (including phenoxy) is 2. The van der Waals surface area contributed by atoms with E-state index in [0.29, 0.717) is 5.69 Å². The van der Waals surface area contributed by atoms with Crippen LogP contribution in [0.2, 0.25) is 5.02 Å². The van der Waals surface area contributed by atoms with Crippen molar-refractivity contribution in [2.45, 2.75) is 59.2 Å². The zero-order valence-electron chi connectivity index (χ0n) is 18.8. The molecule has 10 heteroatoms. The van der Waals surface area contributed by atoms with E-state index in [1.165, 1.54) is 32.2 Å². The number of amides is 3. The minimum Gasteiger partial charge on any atom is -0.465 e. The van der Waals surface area contributed by atoms with Gasteiger partial charge in [0.2, 0.25) is 11.8 Å². The SMILES string of the molecule is COC(=O)c1ccc(NC(=O)[C@H](C)NC(=O)[C@@H](NC(=O)OC(C)(C)C)C(C)C)cc1Cl. The van der Waals surface area contributed by atoms with E-state index in [1.54, 1.807) is 34.6 Å². The maximum atomic E-state index is 12.6. The molecular weight excluding hydrogens is 426 g/mol. The zero-order valence-corrected chi connectivity index (χ0v) is 19.5. The fourth-order valence-corrected chi connectivity index (χ4v) is 2.71. The summed E-state index contributed by atoms with van der Waals surface area (Å²) in [6, 6.07) is 2.52. The number of hydrogen-bond acceptors (Lipinski definition) is 6. The molecule has 0 saturated carbocycles. The number of benzene rings is 1. The zero-order chi connectivity index (χ0) is 23.9. The molecule has 0 saturated heterocycles. The minimum atomic E-state index is -0.909. The Bertz CT molecular complexity index is 835. The van der Waals surface area contributed by atoms with Crippen molar-refractivity contribution in [1.29, 1.82) is 0 Å². The number of anilines is 1. The van der Waals surface area contributed by atoms with Crippen LogP contribution >= 0.6 is 11.6 Å². The van der Waals surface area contributed by atoms with E-state index in [4.69, 9.17) is 16.3 Å². The van der Waals surface area contributed by atoms with Crippen molar-refractivity contribution in [2.24, 2.45) is 5.92 Å². The normalized spacial score (nSPS) is 13.1. The van der Waals surface area contributed by atoms with Gasteiger partial charge >= 0.3 is 12.1 Å². The van der Waals surface area contributed by atoms with Crippen LogP contribution in [-0.2, 0) is 19.1 Å². The molecule has 3 amide bonds. The van der Waals surface area contributed by atoms with Gasteiger partial charge in [-0.15, -0.1) is 0 Å². The summed E-state index contributed by atoms with van der Waals surface area (Å²) in [7, 11) is 1.24. The van der Waals surface area contributed by atoms with Crippen molar-refractivity contribution in [3.8, 4) is 0 Å². The molecule has 9 nitrogen and oxygen atoms in total. The number of methoxy groups -OCH3 is 1. The van der Waals surface area contributed by atoms with Crippen molar-refractivity contribution < 1.29 is 28.7 Å². The van der Waals surface area contributed by atoms with Gasteiger partial charge in [0, 0.05) is 5.69 Å². The summed E-state index contributed by atoms with van der Waals surface area (Å²) < 4.78 is 9.81. The Morgan fingerprint density at radius 3 is 2.10 bits per heavy atom. The Morgan fingerprint density at radius 2 is 1.61 bits per heavy atom. The molecule has 0 aliphatic carbocycles. The van der Waals surface area contributed by atoms with E-state index >= 15 is 0 Å². The van der Waals surface area contributed by atoms with Crippen molar-refractivity contribution in [3.05, 3.63) is 28.8 Å². The van der Waals surface area contributed by atoms with Crippen molar-refractivity contribution in [3.63, 3.8) is 0 Å². The highest BCUT2D eigenvalue weighted by Gasteiger charge is 2.29. The van der Waals surface area contributed by atoms with Crippen LogP contribution < -0.4 is 16.0 Å². The Hall–Kier alpha value is -2.81. The Morgan fingerprint density at radius 1 is 1.00 bits per heavy atom. The number of rotatable bonds is 7. The smallest absolute Gasteiger partial charge is 0.408 e. The van der Waals surface area contributed by atoms with Crippen LogP contribution in [-0.4, -0.2) is 48.7 Å². The molecule has 31 heavy (non-hydrogen) atoms. The average Bonchev–Trinajstić information content (AvgIpc) is 2.63. The molecule has 0 aliphatic rings. The van der Waals surface area contributed by atoms with Gasteiger partial charge in [0.15, 0.2) is 0 Å². The van der Waals surface area contributed by atoms with Gasteiger partial charge in [-0.25, -0.2) is 9.59 Å². The van der Waals surface area contributed by atoms with E-state index < -0.39 is 41.6 Å². The monoisotopic (exact) mass is 455 g/mol. The summed E-state index contributed by atoms with van der Waals surface area (Å²) in [5.41, 5.74) is -0.201. The average molecular weight is 456 g/mol. The number of nitrogens with one attached hydrogen (secondary N) is 3. The molecule has 0 aliphatic heterocycles. The first-order valence-electron chi connectivity index (χ1n) is 9.73. The number of esters is 1. The molecular formula is C21H30ClN3O6. The second-order valence-corrected chi connectivity index (χ2v) is 8.68. The fraction of sp³-hybridized carbons (Fsp3) is 0.524. The van der Waals surface area contributed by atoms with E-state index in [1.807, 2.05) is 0 Å². The molecule has 172 valence electrons. The second kappa shape index (κ2) is 11.0. The van der Waals surface area contributed by atoms with Gasteiger partial charge in [0.1, 0.15) is 17.7 Å². The Balaban J connectivity index is 2.77. The standard InChI is InChI=1S/C21H30ClN3O6/c1-11(2)16(25-20(29)31-21(4,5)6)18(27)23-12(3)17(26)24-13-8-9-14(15(22)10-13)19(28)30-7/h8-12,16H,1-7H3,(H,23,27)(H,24,26)(H,25,29)/t12-,16-/m0/s1. The first kappa shape index (κ1) is 26.2. The van der Waals surface area contributed by atoms with Gasteiger partial charge in [-0.2, -0.15) is 0 Å². The largest absolute Gasteiger partial charge is 0.465 e. The molecule has 0 aromatic heterocycles. The van der Waals surface area contributed by atoms with Crippen molar-refractivity contribution in [2.75, 3.05) is 12.4 Å². The van der Waals surface area contributed by atoms with E-state index in [2.05, 4.69) is 20.7 Å². The highest BCUT2D eigenvalue weighted by molar-refractivity contribution is 6.34. The van der Waals surface area contributed by atoms with Crippen LogP contribution in [0.4, 0.5) is 10.5 Å². The summed E-state index contributed by atoms with van der Waals surface area (Å²) in [4.78, 5) is 48.7. The first-order chi connectivity index (χ1) is 14.2. The van der Waals surface area contributed by atoms with Crippen LogP contribution in [0.3, 0.4) is 0 Å². The molecule has 2 atom stereocenters. The lowest BCUT2D eigenvalue weighted by Crippen LogP contribution is -2.54. The number of halogens is 1. The van der Waals surface area contributed by atoms with Crippen LogP contribution in [0.1, 0.15) is 51.9 Å². The number of alkyl carbamates (subject to hydrolysis) is 1. The van der Waals surface area contributed by atoms with Gasteiger partial charge in [-0.1, -0.05) is 25.4 Å². The van der Waals surface area contributed by atoms with Crippen LogP contribution in [0.5, 0.6) is 0 Å². The molecule has 0 unspecified atom stereocenters. The third-order valence-electron chi connectivity index (χ3n) is 4.02. The lowest BCUT2D eigenvalue weighted by molar-refractivity contribution is -0.128. The predicted molar refractivity (Wildman–Crippen MR) is 117 cm³/mol. The number of carbonyl (C=O) groups excluding carboxylic acids is 4. The lowest BCUT2D eigenvalue weighted by Gasteiger charge is -2.26. The third-order valence-corrected chi connectivity index (χ3v) is 4.33. The van der Waals surface area contributed by atoms with Gasteiger partial charge < -0.3 is 25.4 Å². The summed E-state index contributed by atoms with van der Waals surface area (Å²) in [6.45, 7) is 10.2. The third kappa shape index (κ3) is 8.45. The van der Waals surface area contributed by atoms with Gasteiger partial charge in [-0.05, 0) is 51.8 Å². The molecule has 3 N–H and O–H groups in total. The number of carbonyl (C=O) groups is 4. The van der Waals surface area contributed by atoms with Crippen LogP contribution in [0.25, 0.3) is 0 Å². The Labute approximate surface area is 187 Å². The maximum Gasteiger partial charge on any atom is 0.408 e. The van der Waals surface area contributed by atoms with Crippen LogP contribution in [0, 0.1) is 5.92 Å². The molecule has 0 bridgehead atoms. The molecule has 1 rings (SSSR count). The van der Waals surface area contributed by atoms with E-state index in [-0.39, 0.29) is 16.5 Å².